The zero-order valence-corrected chi connectivity index (χ0v) is 16.7. The Balaban J connectivity index is 1.64. The maximum Gasteiger partial charge on any atom is 0.0436 e. The smallest absolute Gasteiger partial charge is 0.0436 e. The van der Waals surface area contributed by atoms with Gasteiger partial charge in [-0.1, -0.05) is 39.3 Å². The van der Waals surface area contributed by atoms with Crippen LogP contribution < -0.4 is 0 Å². The summed E-state index contributed by atoms with van der Waals surface area (Å²) >= 11 is 0. The highest BCUT2D eigenvalue weighted by Gasteiger charge is 2.57. The molecule has 6 atom stereocenters. The maximum atomic E-state index is 9.80. The number of rotatable bonds is 4. The molecule has 1 heterocycles. The lowest BCUT2D eigenvalue weighted by molar-refractivity contribution is -0.0881. The number of pyridine rings is 1. The van der Waals surface area contributed by atoms with Crippen LogP contribution in [-0.4, -0.2) is 16.7 Å². The molecular weight excluding hydrogens is 318 g/mol. The zero-order chi connectivity index (χ0) is 18.4. The van der Waals surface area contributed by atoms with Crippen molar-refractivity contribution in [3.8, 4) is 0 Å². The average molecular weight is 354 g/mol. The number of aliphatic hydroxyl groups excluding tert-OH is 1. The molecule has 2 fully saturated rings. The fourth-order valence-corrected chi connectivity index (χ4v) is 7.37. The van der Waals surface area contributed by atoms with E-state index in [1.807, 2.05) is 6.20 Å². The third kappa shape index (κ3) is 2.59. The number of aromatic nitrogens is 1. The van der Waals surface area contributed by atoms with Crippen molar-refractivity contribution >= 4 is 5.57 Å². The van der Waals surface area contributed by atoms with Gasteiger partial charge in [0.1, 0.15) is 0 Å². The molecule has 1 N–H and O–H groups in total. The molecule has 1 aromatic heterocycles. The molecule has 3 aliphatic carbocycles. The predicted molar refractivity (Wildman–Crippen MR) is 107 cm³/mol. The van der Waals surface area contributed by atoms with Crippen molar-refractivity contribution in [2.24, 2.45) is 34.5 Å². The third-order valence-electron chi connectivity index (χ3n) is 8.76. The summed E-state index contributed by atoms with van der Waals surface area (Å²) in [6, 6.07) is 4.31. The second-order valence-electron chi connectivity index (χ2n) is 9.59. The van der Waals surface area contributed by atoms with Gasteiger partial charge in [0.15, 0.2) is 0 Å². The van der Waals surface area contributed by atoms with Gasteiger partial charge in [-0.3, -0.25) is 4.98 Å². The summed E-state index contributed by atoms with van der Waals surface area (Å²) in [5.74, 6) is 3.16. The maximum absolute atomic E-state index is 9.80. The molecule has 0 saturated heterocycles. The lowest BCUT2D eigenvalue weighted by Crippen LogP contribution is -2.51. The van der Waals surface area contributed by atoms with Crippen molar-refractivity contribution in [3.05, 3.63) is 36.2 Å². The Morgan fingerprint density at radius 2 is 2.04 bits per heavy atom. The standard InChI is InChI=1S/C24H35NO/c1-4-18-7-8-19-21-10-9-20(17-6-5-14-25-16-17)24(21,3)12-11-22(19)23(18,2)13-15-26/h5-6,9,14,16,18-19,21-22,26H,4,7-8,10-13,15H2,1-3H3/t18-,19+,21+,22+,23+,24-/m1/s1. The largest absolute Gasteiger partial charge is 0.396 e. The molecule has 142 valence electrons. The van der Waals surface area contributed by atoms with Gasteiger partial charge >= 0.3 is 0 Å². The van der Waals surface area contributed by atoms with Crippen molar-refractivity contribution in [2.75, 3.05) is 6.61 Å². The Labute approximate surface area is 159 Å². The minimum atomic E-state index is 0.309. The molecule has 26 heavy (non-hydrogen) atoms. The van der Waals surface area contributed by atoms with Gasteiger partial charge in [0.25, 0.3) is 0 Å². The average Bonchev–Trinajstić information content (AvgIpc) is 3.00. The highest BCUT2D eigenvalue weighted by atomic mass is 16.3. The second-order valence-corrected chi connectivity index (χ2v) is 9.59. The molecule has 0 aliphatic heterocycles. The Bertz CT molecular complexity index is 668. The van der Waals surface area contributed by atoms with Crippen molar-refractivity contribution in [3.63, 3.8) is 0 Å². The Morgan fingerprint density at radius 1 is 1.19 bits per heavy atom. The van der Waals surface area contributed by atoms with E-state index in [1.54, 1.807) is 5.57 Å². The molecule has 0 unspecified atom stereocenters. The predicted octanol–water partition coefficient (Wildman–Crippen LogP) is 5.73. The summed E-state index contributed by atoms with van der Waals surface area (Å²) in [5, 5.41) is 9.80. The first-order chi connectivity index (χ1) is 12.5. The van der Waals surface area contributed by atoms with E-state index in [1.165, 1.54) is 44.1 Å². The van der Waals surface area contributed by atoms with E-state index in [4.69, 9.17) is 0 Å². The van der Waals surface area contributed by atoms with Crippen LogP contribution in [0.2, 0.25) is 0 Å². The topological polar surface area (TPSA) is 33.1 Å². The zero-order valence-electron chi connectivity index (χ0n) is 16.7. The molecular formula is C24H35NO. The van der Waals surface area contributed by atoms with Crippen LogP contribution >= 0.6 is 0 Å². The number of allylic oxidation sites excluding steroid dienone is 2. The van der Waals surface area contributed by atoms with E-state index in [9.17, 15) is 5.11 Å². The molecule has 3 aliphatic rings. The second kappa shape index (κ2) is 6.78. The van der Waals surface area contributed by atoms with Crippen molar-refractivity contribution in [1.29, 1.82) is 0 Å². The normalized spacial score (nSPS) is 42.1. The van der Waals surface area contributed by atoms with Crippen LogP contribution in [0, 0.1) is 34.5 Å². The van der Waals surface area contributed by atoms with Crippen LogP contribution in [-0.2, 0) is 0 Å². The summed E-state index contributed by atoms with van der Waals surface area (Å²) in [6.07, 6.45) is 15.3. The highest BCUT2D eigenvalue weighted by Crippen LogP contribution is 2.66. The minimum Gasteiger partial charge on any atom is -0.396 e. The van der Waals surface area contributed by atoms with Crippen LogP contribution in [0.3, 0.4) is 0 Å². The first-order valence-electron chi connectivity index (χ1n) is 10.8. The molecule has 0 amide bonds. The van der Waals surface area contributed by atoms with E-state index < -0.39 is 0 Å². The van der Waals surface area contributed by atoms with Gasteiger partial charge in [0.05, 0.1) is 0 Å². The Morgan fingerprint density at radius 3 is 2.73 bits per heavy atom. The van der Waals surface area contributed by atoms with Crippen molar-refractivity contribution < 1.29 is 5.11 Å². The van der Waals surface area contributed by atoms with Crippen LogP contribution in [0.1, 0.15) is 71.3 Å². The minimum absolute atomic E-state index is 0.309. The summed E-state index contributed by atoms with van der Waals surface area (Å²) in [5.41, 5.74) is 3.51. The highest BCUT2D eigenvalue weighted by molar-refractivity contribution is 5.72. The molecule has 4 rings (SSSR count). The lowest BCUT2D eigenvalue weighted by Gasteiger charge is -2.59. The first kappa shape index (κ1) is 18.2. The van der Waals surface area contributed by atoms with Gasteiger partial charge in [-0.15, -0.1) is 0 Å². The fraction of sp³-hybridized carbons (Fsp3) is 0.708. The lowest BCUT2D eigenvalue weighted by atomic mass is 9.46. The number of aliphatic hydroxyl groups is 1. The molecule has 0 spiro atoms. The summed E-state index contributed by atoms with van der Waals surface area (Å²) in [4.78, 5) is 4.38. The third-order valence-corrected chi connectivity index (χ3v) is 8.76. The van der Waals surface area contributed by atoms with Gasteiger partial charge in [-0.2, -0.15) is 0 Å². The molecule has 2 saturated carbocycles. The van der Waals surface area contributed by atoms with Gasteiger partial charge in [0.2, 0.25) is 0 Å². The number of hydrogen-bond donors (Lipinski definition) is 1. The van der Waals surface area contributed by atoms with Crippen LogP contribution in [0.5, 0.6) is 0 Å². The van der Waals surface area contributed by atoms with E-state index in [2.05, 4.69) is 50.2 Å². The Hall–Kier alpha value is -1.15. The quantitative estimate of drug-likeness (QED) is 0.750. The van der Waals surface area contributed by atoms with E-state index in [-0.39, 0.29) is 0 Å². The van der Waals surface area contributed by atoms with Crippen molar-refractivity contribution in [1.82, 2.24) is 4.98 Å². The molecule has 2 heteroatoms. The van der Waals surface area contributed by atoms with Crippen LogP contribution in [0.4, 0.5) is 0 Å². The molecule has 0 bridgehead atoms. The van der Waals surface area contributed by atoms with Crippen LogP contribution in [0.25, 0.3) is 5.57 Å². The fourth-order valence-electron chi connectivity index (χ4n) is 7.37. The van der Waals surface area contributed by atoms with E-state index in [0.717, 1.165) is 30.1 Å². The SMILES string of the molecule is CC[C@@H]1CC[C@@H]2[C@H](CC[C@]3(C)C(c4cccnc4)=CC[C@@H]23)[C@@]1(C)CCO. The molecule has 1 aromatic rings. The van der Waals surface area contributed by atoms with E-state index >= 15 is 0 Å². The first-order valence-corrected chi connectivity index (χ1v) is 10.8. The molecule has 0 radical (unpaired) electrons. The number of hydrogen-bond acceptors (Lipinski definition) is 2. The molecule has 0 aromatic carbocycles. The van der Waals surface area contributed by atoms with Gasteiger partial charge in [-0.05, 0) is 90.2 Å². The van der Waals surface area contributed by atoms with E-state index in [0.29, 0.717) is 17.4 Å². The van der Waals surface area contributed by atoms with Gasteiger partial charge in [0, 0.05) is 19.0 Å². The summed E-state index contributed by atoms with van der Waals surface area (Å²) < 4.78 is 0. The monoisotopic (exact) mass is 353 g/mol. The Kier molecular flexibility index (Phi) is 4.75. The van der Waals surface area contributed by atoms with Gasteiger partial charge in [-0.25, -0.2) is 0 Å². The number of nitrogens with zero attached hydrogens (tertiary/aromatic N) is 1. The van der Waals surface area contributed by atoms with Crippen molar-refractivity contribution in [2.45, 2.75) is 65.7 Å². The summed E-state index contributed by atoms with van der Waals surface area (Å²) in [6.45, 7) is 7.72. The number of fused-ring (bicyclic) bond motifs is 3. The van der Waals surface area contributed by atoms with Gasteiger partial charge < -0.3 is 5.11 Å². The molecule has 2 nitrogen and oxygen atoms in total. The summed E-state index contributed by atoms with van der Waals surface area (Å²) in [7, 11) is 0. The van der Waals surface area contributed by atoms with Crippen LogP contribution in [0.15, 0.2) is 30.6 Å².